The van der Waals surface area contributed by atoms with Gasteiger partial charge in [-0.2, -0.15) is 0 Å². The lowest BCUT2D eigenvalue weighted by atomic mass is 10.1. The lowest BCUT2D eigenvalue weighted by Crippen LogP contribution is -2.15. The number of thioether (sulfide) groups is 1. The second-order valence-corrected chi connectivity index (χ2v) is 5.54. The highest BCUT2D eigenvalue weighted by Crippen LogP contribution is 2.31. The molecule has 0 radical (unpaired) electrons. The molecule has 126 valence electrons. The minimum Gasteiger partial charge on any atom is -0.497 e. The van der Waals surface area contributed by atoms with Gasteiger partial charge < -0.3 is 14.8 Å². The molecule has 1 amide bonds. The number of nitrogens with one attached hydrogen (secondary N) is 1. The van der Waals surface area contributed by atoms with Gasteiger partial charge in [0, 0.05) is 17.0 Å². The van der Waals surface area contributed by atoms with E-state index >= 15 is 0 Å². The molecule has 2 rings (SSSR count). The number of hydrogen-bond donors (Lipinski definition) is 1. The van der Waals surface area contributed by atoms with Gasteiger partial charge in [-0.15, -0.1) is 11.8 Å². The Kier molecular flexibility index (Phi) is 5.64. The summed E-state index contributed by atoms with van der Waals surface area (Å²) in [5, 5.41) is 13.8. The fourth-order valence-corrected chi connectivity index (χ4v) is 2.52. The fraction of sp³-hybridized carbons (Fsp3) is 0.188. The first-order valence-corrected chi connectivity index (χ1v) is 8.08. The first kappa shape index (κ1) is 17.6. The Morgan fingerprint density at radius 2 is 1.92 bits per heavy atom. The maximum Gasteiger partial charge on any atom is 0.282 e. The fourth-order valence-electron chi connectivity index (χ4n) is 2.08. The molecule has 0 saturated carbocycles. The van der Waals surface area contributed by atoms with Crippen molar-refractivity contribution in [3.8, 4) is 11.5 Å². The van der Waals surface area contributed by atoms with Crippen LogP contribution in [0.4, 0.5) is 11.4 Å². The van der Waals surface area contributed by atoms with Crippen LogP contribution in [0.5, 0.6) is 11.5 Å². The Bertz CT molecular complexity index is 779. The van der Waals surface area contributed by atoms with E-state index in [4.69, 9.17) is 9.47 Å². The number of rotatable bonds is 6. The molecule has 0 bridgehead atoms. The van der Waals surface area contributed by atoms with Crippen LogP contribution in [-0.2, 0) is 0 Å². The molecule has 24 heavy (non-hydrogen) atoms. The molecule has 0 aliphatic carbocycles. The van der Waals surface area contributed by atoms with Crippen LogP contribution in [-0.4, -0.2) is 31.3 Å². The van der Waals surface area contributed by atoms with Crippen LogP contribution in [0.2, 0.25) is 0 Å². The van der Waals surface area contributed by atoms with Crippen LogP contribution in [0.15, 0.2) is 41.3 Å². The summed E-state index contributed by atoms with van der Waals surface area (Å²) in [6.45, 7) is 0. The smallest absolute Gasteiger partial charge is 0.282 e. The largest absolute Gasteiger partial charge is 0.497 e. The number of anilines is 1. The Balaban J connectivity index is 2.41. The molecule has 0 saturated heterocycles. The number of ether oxygens (including phenoxy) is 2. The molecule has 0 aromatic heterocycles. The normalized spacial score (nSPS) is 10.1. The topological polar surface area (TPSA) is 90.7 Å². The van der Waals surface area contributed by atoms with E-state index in [1.807, 2.05) is 6.26 Å². The number of nitrogens with zero attached hydrogens (tertiary/aromatic N) is 1. The van der Waals surface area contributed by atoms with E-state index < -0.39 is 10.8 Å². The van der Waals surface area contributed by atoms with E-state index in [0.29, 0.717) is 17.2 Å². The molecule has 2 aromatic rings. The van der Waals surface area contributed by atoms with Gasteiger partial charge >= 0.3 is 0 Å². The van der Waals surface area contributed by atoms with Crippen LogP contribution in [0.3, 0.4) is 0 Å². The van der Waals surface area contributed by atoms with E-state index in [9.17, 15) is 14.9 Å². The van der Waals surface area contributed by atoms with Crippen LogP contribution in [0.1, 0.15) is 10.4 Å². The molecule has 0 fully saturated rings. The van der Waals surface area contributed by atoms with Crippen molar-refractivity contribution < 1.29 is 19.2 Å². The average Bonchev–Trinajstić information content (AvgIpc) is 2.60. The highest BCUT2D eigenvalue weighted by molar-refractivity contribution is 7.98. The number of methoxy groups -OCH3 is 2. The van der Waals surface area contributed by atoms with E-state index in [1.54, 1.807) is 24.3 Å². The first-order chi connectivity index (χ1) is 11.5. The summed E-state index contributed by atoms with van der Waals surface area (Å²) >= 11 is 1.39. The lowest BCUT2D eigenvalue weighted by molar-refractivity contribution is -0.385. The molecule has 0 heterocycles. The monoisotopic (exact) mass is 348 g/mol. The predicted octanol–water partition coefficient (Wildman–Crippen LogP) is 3.59. The Labute approximate surface area is 143 Å². The van der Waals surface area contributed by atoms with Gasteiger partial charge in [0.25, 0.3) is 11.6 Å². The standard InChI is InChI=1S/C16H16N2O5S/c1-22-10-4-7-15(23-2)13(8-10)17-16(19)12-9-11(24-3)5-6-14(12)18(20)21/h4-9H,1-3H3,(H,17,19). The molecular weight excluding hydrogens is 332 g/mol. The average molecular weight is 348 g/mol. The van der Waals surface area contributed by atoms with Crippen LogP contribution in [0, 0.1) is 10.1 Å². The summed E-state index contributed by atoms with van der Waals surface area (Å²) in [6, 6.07) is 9.33. The minimum atomic E-state index is -0.593. The third-order valence-corrected chi connectivity index (χ3v) is 4.03. The third kappa shape index (κ3) is 3.77. The van der Waals surface area contributed by atoms with Gasteiger partial charge in [0.15, 0.2) is 0 Å². The van der Waals surface area contributed by atoms with E-state index in [2.05, 4.69) is 5.32 Å². The maximum absolute atomic E-state index is 12.6. The number of carbonyl (C=O) groups is 1. The summed E-state index contributed by atoms with van der Waals surface area (Å²) in [5.74, 6) is 0.357. The number of carbonyl (C=O) groups excluding carboxylic acids is 1. The zero-order valence-corrected chi connectivity index (χ0v) is 14.2. The quantitative estimate of drug-likeness (QED) is 0.487. The zero-order chi connectivity index (χ0) is 17.7. The van der Waals surface area contributed by atoms with E-state index in [0.717, 1.165) is 4.90 Å². The van der Waals surface area contributed by atoms with Gasteiger partial charge in [0.2, 0.25) is 0 Å². The van der Waals surface area contributed by atoms with Gasteiger partial charge in [0.05, 0.1) is 24.8 Å². The highest BCUT2D eigenvalue weighted by Gasteiger charge is 2.22. The molecule has 8 heteroatoms. The van der Waals surface area contributed by atoms with E-state index in [-0.39, 0.29) is 11.3 Å². The third-order valence-electron chi connectivity index (χ3n) is 3.30. The predicted molar refractivity (Wildman–Crippen MR) is 92.4 cm³/mol. The summed E-state index contributed by atoms with van der Waals surface area (Å²) < 4.78 is 10.3. The van der Waals surface area contributed by atoms with Crippen molar-refractivity contribution in [3.63, 3.8) is 0 Å². The molecule has 0 atom stereocenters. The Hall–Kier alpha value is -2.74. The Morgan fingerprint density at radius 3 is 2.50 bits per heavy atom. The van der Waals surface area contributed by atoms with Crippen LogP contribution >= 0.6 is 11.8 Å². The molecule has 0 aliphatic heterocycles. The molecule has 1 N–H and O–H groups in total. The van der Waals surface area contributed by atoms with Crippen molar-refractivity contribution in [1.82, 2.24) is 0 Å². The zero-order valence-electron chi connectivity index (χ0n) is 13.4. The number of amides is 1. The van der Waals surface area contributed by atoms with Crippen molar-refractivity contribution in [3.05, 3.63) is 52.1 Å². The molecule has 0 unspecified atom stereocenters. The van der Waals surface area contributed by atoms with Crippen LogP contribution in [0.25, 0.3) is 0 Å². The summed E-state index contributed by atoms with van der Waals surface area (Å²) in [5.41, 5.74) is 0.0922. The minimum absolute atomic E-state index is 0.0169. The van der Waals surface area contributed by atoms with Crippen molar-refractivity contribution in [1.29, 1.82) is 0 Å². The van der Waals surface area contributed by atoms with Gasteiger partial charge in [-0.1, -0.05) is 0 Å². The van der Waals surface area contributed by atoms with Gasteiger partial charge in [-0.3, -0.25) is 14.9 Å². The van der Waals surface area contributed by atoms with Crippen LogP contribution < -0.4 is 14.8 Å². The molecule has 0 aliphatic rings. The summed E-state index contributed by atoms with van der Waals surface area (Å²) in [7, 11) is 2.97. The van der Waals surface area contributed by atoms with Crippen molar-refractivity contribution in [2.75, 3.05) is 25.8 Å². The number of nitro benzene ring substituents is 1. The number of benzene rings is 2. The van der Waals surface area contributed by atoms with Gasteiger partial charge in [-0.25, -0.2) is 0 Å². The number of nitro groups is 1. The highest BCUT2D eigenvalue weighted by atomic mass is 32.2. The second-order valence-electron chi connectivity index (χ2n) is 4.66. The van der Waals surface area contributed by atoms with Crippen molar-refractivity contribution >= 4 is 29.0 Å². The maximum atomic E-state index is 12.6. The molecular formula is C16H16N2O5S. The van der Waals surface area contributed by atoms with Crippen molar-refractivity contribution in [2.45, 2.75) is 4.90 Å². The molecule has 2 aromatic carbocycles. The number of hydrogen-bond acceptors (Lipinski definition) is 6. The second kappa shape index (κ2) is 7.69. The van der Waals surface area contributed by atoms with Gasteiger partial charge in [0.1, 0.15) is 17.1 Å². The SMILES string of the molecule is COc1ccc(OC)c(NC(=O)c2cc(SC)ccc2[N+](=O)[O-])c1. The Morgan fingerprint density at radius 1 is 1.17 bits per heavy atom. The first-order valence-electron chi connectivity index (χ1n) is 6.86. The summed E-state index contributed by atoms with van der Waals surface area (Å²) in [4.78, 5) is 23.9. The summed E-state index contributed by atoms with van der Waals surface area (Å²) in [6.07, 6.45) is 1.83. The molecule has 0 spiro atoms. The lowest BCUT2D eigenvalue weighted by Gasteiger charge is -2.12. The molecule has 7 nitrogen and oxygen atoms in total. The van der Waals surface area contributed by atoms with E-state index in [1.165, 1.54) is 38.1 Å². The van der Waals surface area contributed by atoms with Crippen molar-refractivity contribution in [2.24, 2.45) is 0 Å². The van der Waals surface area contributed by atoms with Gasteiger partial charge in [-0.05, 0) is 30.5 Å².